The Morgan fingerprint density at radius 1 is 0.717 bits per heavy atom. The highest BCUT2D eigenvalue weighted by molar-refractivity contribution is 6.39. The van der Waals surface area contributed by atoms with Gasteiger partial charge in [-0.25, -0.2) is 9.97 Å². The molecular formula is C32H32Cl2N8O4. The number of primary amides is 2. The van der Waals surface area contributed by atoms with Gasteiger partial charge in [-0.3, -0.25) is 29.4 Å². The molecule has 238 valence electrons. The van der Waals surface area contributed by atoms with E-state index in [2.05, 4.69) is 19.8 Å². The number of benzene rings is 2. The van der Waals surface area contributed by atoms with E-state index in [1.165, 1.54) is 14.2 Å². The minimum Gasteiger partial charge on any atom is -0.480 e. The summed E-state index contributed by atoms with van der Waals surface area (Å²) in [5.41, 5.74) is 15.9. The molecule has 2 aliphatic rings. The SMILES string of the molecule is COc1nc(-c2cccc(-c3cccc(-c4cnc(CN5CC(C(N)=O)C5)c(OC)n4)c3Cl)c2Cl)cnc1CN1CC(C(N)=O)C1. The monoisotopic (exact) mass is 662 g/mol. The van der Waals surface area contributed by atoms with Crippen molar-refractivity contribution < 1.29 is 19.1 Å². The van der Waals surface area contributed by atoms with Crippen molar-refractivity contribution in [3.8, 4) is 45.4 Å². The summed E-state index contributed by atoms with van der Waals surface area (Å²) in [5.74, 6) is -0.135. The van der Waals surface area contributed by atoms with Crippen LogP contribution in [0, 0.1) is 11.8 Å². The van der Waals surface area contributed by atoms with Gasteiger partial charge in [0.15, 0.2) is 0 Å². The number of methoxy groups -OCH3 is 2. The van der Waals surface area contributed by atoms with E-state index < -0.39 is 0 Å². The number of carbonyl (C=O) groups is 2. The number of nitrogens with zero attached hydrogens (tertiary/aromatic N) is 6. The van der Waals surface area contributed by atoms with E-state index in [0.717, 1.165) is 0 Å². The Morgan fingerprint density at radius 3 is 1.43 bits per heavy atom. The van der Waals surface area contributed by atoms with E-state index in [0.29, 0.717) is 106 Å². The number of hydrogen-bond donors (Lipinski definition) is 2. The van der Waals surface area contributed by atoms with Crippen molar-refractivity contribution in [3.05, 3.63) is 70.2 Å². The first-order valence-corrected chi connectivity index (χ1v) is 15.3. The molecule has 2 aliphatic heterocycles. The summed E-state index contributed by atoms with van der Waals surface area (Å²) in [6.45, 7) is 3.29. The highest BCUT2D eigenvalue weighted by Crippen LogP contribution is 2.42. The highest BCUT2D eigenvalue weighted by Gasteiger charge is 2.33. The van der Waals surface area contributed by atoms with Gasteiger partial charge in [-0.1, -0.05) is 59.6 Å². The molecule has 0 spiro atoms. The lowest BCUT2D eigenvalue weighted by atomic mass is 9.98. The molecule has 14 heteroatoms. The average Bonchev–Trinajstić information content (AvgIpc) is 3.00. The normalized spacial score (nSPS) is 15.7. The Hall–Kier alpha value is -4.36. The number of hydrogen-bond acceptors (Lipinski definition) is 10. The highest BCUT2D eigenvalue weighted by atomic mass is 35.5. The minimum absolute atomic E-state index is 0.146. The number of amides is 2. The average molecular weight is 664 g/mol. The van der Waals surface area contributed by atoms with Crippen molar-refractivity contribution in [2.75, 3.05) is 40.4 Å². The second-order valence-corrected chi connectivity index (χ2v) is 12.1. The maximum absolute atomic E-state index is 11.4. The van der Waals surface area contributed by atoms with Gasteiger partial charge in [0.2, 0.25) is 23.6 Å². The third kappa shape index (κ3) is 6.21. The van der Waals surface area contributed by atoms with Crippen LogP contribution >= 0.6 is 23.2 Å². The van der Waals surface area contributed by atoms with Crippen LogP contribution in [0.15, 0.2) is 48.8 Å². The Labute approximate surface area is 275 Å². The lowest BCUT2D eigenvalue weighted by Gasteiger charge is -2.37. The van der Waals surface area contributed by atoms with Crippen LogP contribution in [0.3, 0.4) is 0 Å². The van der Waals surface area contributed by atoms with Crippen molar-refractivity contribution in [2.45, 2.75) is 13.1 Å². The van der Waals surface area contributed by atoms with Crippen molar-refractivity contribution in [2.24, 2.45) is 23.3 Å². The molecule has 2 saturated heterocycles. The van der Waals surface area contributed by atoms with E-state index in [4.69, 9.17) is 54.1 Å². The topological polar surface area (TPSA) is 163 Å². The van der Waals surface area contributed by atoms with Gasteiger partial charge in [0.1, 0.15) is 11.4 Å². The first-order valence-electron chi connectivity index (χ1n) is 14.6. The fourth-order valence-electron chi connectivity index (χ4n) is 5.65. The molecule has 0 bridgehead atoms. The molecule has 4 N–H and O–H groups in total. The third-order valence-electron chi connectivity index (χ3n) is 8.32. The Kier molecular flexibility index (Phi) is 9.05. The van der Waals surface area contributed by atoms with E-state index >= 15 is 0 Å². The van der Waals surface area contributed by atoms with Gasteiger partial charge in [0.05, 0.1) is 59.9 Å². The quantitative estimate of drug-likeness (QED) is 0.243. The zero-order chi connectivity index (χ0) is 32.5. The molecule has 0 radical (unpaired) electrons. The number of nitrogens with two attached hydrogens (primary N) is 2. The van der Waals surface area contributed by atoms with Gasteiger partial charge in [0, 0.05) is 61.5 Å². The van der Waals surface area contributed by atoms with E-state index in [1.807, 2.05) is 36.4 Å². The molecule has 0 unspecified atom stereocenters. The van der Waals surface area contributed by atoms with E-state index in [1.54, 1.807) is 12.4 Å². The summed E-state index contributed by atoms with van der Waals surface area (Å²) in [4.78, 5) is 45.5. The number of aromatic nitrogens is 4. The van der Waals surface area contributed by atoms with Gasteiger partial charge in [-0.05, 0) is 0 Å². The number of ether oxygens (including phenoxy) is 2. The van der Waals surface area contributed by atoms with Crippen LogP contribution in [0.5, 0.6) is 11.8 Å². The summed E-state index contributed by atoms with van der Waals surface area (Å²) in [6, 6.07) is 11.2. The summed E-state index contributed by atoms with van der Waals surface area (Å²) >= 11 is 14.0. The Morgan fingerprint density at radius 2 is 1.09 bits per heavy atom. The Balaban J connectivity index is 1.25. The molecule has 2 amide bonds. The molecule has 46 heavy (non-hydrogen) atoms. The van der Waals surface area contributed by atoms with Gasteiger partial charge in [-0.2, -0.15) is 0 Å². The second kappa shape index (κ2) is 13.2. The van der Waals surface area contributed by atoms with Gasteiger partial charge in [0.25, 0.3) is 0 Å². The summed E-state index contributed by atoms with van der Waals surface area (Å²) in [6.07, 6.45) is 3.31. The smallest absolute Gasteiger partial charge is 0.237 e. The van der Waals surface area contributed by atoms with Gasteiger partial charge < -0.3 is 20.9 Å². The molecule has 0 aliphatic carbocycles. The summed E-state index contributed by atoms with van der Waals surface area (Å²) in [7, 11) is 3.08. The number of carbonyl (C=O) groups excluding carboxylic acids is 2. The van der Waals surface area contributed by atoms with Crippen molar-refractivity contribution in [1.29, 1.82) is 0 Å². The van der Waals surface area contributed by atoms with Crippen molar-refractivity contribution in [3.63, 3.8) is 0 Å². The standard InChI is InChI=1S/C32H32Cl2N8O4/c1-45-31-25(15-41-11-17(12-41)29(35)43)37-9-23(39-31)21-7-3-5-19(27(21)33)20-6-4-8-22(28(20)34)24-10-38-26(32(40-24)46-2)16-42-13-18(14-42)30(36)44/h3-10,17-18H,11-16H2,1-2H3,(H2,35,43)(H2,36,44). The van der Waals surface area contributed by atoms with Crippen LogP contribution in [0.4, 0.5) is 0 Å². The van der Waals surface area contributed by atoms with Crippen LogP contribution in [0.25, 0.3) is 33.6 Å². The molecule has 6 rings (SSSR count). The van der Waals surface area contributed by atoms with Crippen molar-refractivity contribution in [1.82, 2.24) is 29.7 Å². The van der Waals surface area contributed by atoms with E-state index in [9.17, 15) is 9.59 Å². The molecule has 4 aromatic rings. The van der Waals surface area contributed by atoms with Crippen molar-refractivity contribution >= 4 is 35.0 Å². The molecular weight excluding hydrogens is 631 g/mol. The van der Waals surface area contributed by atoms with E-state index in [-0.39, 0.29) is 23.7 Å². The first kappa shape index (κ1) is 31.6. The summed E-state index contributed by atoms with van der Waals surface area (Å²) < 4.78 is 11.1. The first-order chi connectivity index (χ1) is 22.2. The fourth-order valence-corrected chi connectivity index (χ4v) is 6.30. The predicted molar refractivity (Wildman–Crippen MR) is 173 cm³/mol. The Bertz CT molecular complexity index is 1680. The maximum Gasteiger partial charge on any atom is 0.237 e. The predicted octanol–water partition coefficient (Wildman–Crippen LogP) is 3.43. The molecule has 2 aromatic heterocycles. The van der Waals surface area contributed by atoms with Crippen LogP contribution in [0.1, 0.15) is 11.4 Å². The van der Waals surface area contributed by atoms with Crippen LogP contribution in [-0.4, -0.2) is 81.9 Å². The third-order valence-corrected chi connectivity index (χ3v) is 9.13. The van der Waals surface area contributed by atoms with Crippen LogP contribution in [0.2, 0.25) is 10.0 Å². The lowest BCUT2D eigenvalue weighted by molar-refractivity contribution is -0.127. The number of rotatable bonds is 11. The molecule has 12 nitrogen and oxygen atoms in total. The lowest BCUT2D eigenvalue weighted by Crippen LogP contribution is -2.51. The fraction of sp³-hybridized carbons (Fsp3) is 0.312. The molecule has 2 aromatic carbocycles. The zero-order valence-electron chi connectivity index (χ0n) is 25.2. The van der Waals surface area contributed by atoms with Crippen LogP contribution in [-0.2, 0) is 22.7 Å². The minimum atomic E-state index is -0.296. The summed E-state index contributed by atoms with van der Waals surface area (Å²) in [5, 5.41) is 0.890. The maximum atomic E-state index is 11.4. The number of halogens is 2. The van der Waals surface area contributed by atoms with Gasteiger partial charge >= 0.3 is 0 Å². The second-order valence-electron chi connectivity index (χ2n) is 11.3. The number of likely N-dealkylation sites (tertiary alicyclic amines) is 2. The largest absolute Gasteiger partial charge is 0.480 e. The molecule has 0 atom stereocenters. The zero-order valence-corrected chi connectivity index (χ0v) is 26.8. The van der Waals surface area contributed by atoms with Crippen LogP contribution < -0.4 is 20.9 Å². The molecule has 0 saturated carbocycles. The van der Waals surface area contributed by atoms with Gasteiger partial charge in [-0.15, -0.1) is 0 Å². The molecule has 4 heterocycles. The molecule has 2 fully saturated rings.